The SMILES string of the molecule is CCNc1nc(NCC2CCCCO2)nc(OC(C)C)n1. The van der Waals surface area contributed by atoms with Gasteiger partial charge in [-0.1, -0.05) is 0 Å². The van der Waals surface area contributed by atoms with Gasteiger partial charge >= 0.3 is 6.01 Å². The molecule has 0 saturated carbocycles. The summed E-state index contributed by atoms with van der Waals surface area (Å²) >= 11 is 0. The second-order valence-electron chi connectivity index (χ2n) is 5.33. The van der Waals surface area contributed by atoms with Crippen LogP contribution in [0.3, 0.4) is 0 Å². The van der Waals surface area contributed by atoms with Crippen molar-refractivity contribution < 1.29 is 9.47 Å². The highest BCUT2D eigenvalue weighted by Crippen LogP contribution is 2.15. The first-order valence-corrected chi connectivity index (χ1v) is 7.69. The van der Waals surface area contributed by atoms with Crippen LogP contribution in [0.15, 0.2) is 0 Å². The van der Waals surface area contributed by atoms with Crippen LogP contribution in [0.5, 0.6) is 6.01 Å². The molecular weight excluding hydrogens is 270 g/mol. The first-order valence-electron chi connectivity index (χ1n) is 7.69. The van der Waals surface area contributed by atoms with E-state index in [9.17, 15) is 0 Å². The Hall–Kier alpha value is -1.63. The van der Waals surface area contributed by atoms with Gasteiger partial charge in [0, 0.05) is 19.7 Å². The molecule has 1 atom stereocenters. The van der Waals surface area contributed by atoms with Crippen molar-refractivity contribution in [3.05, 3.63) is 0 Å². The number of nitrogens with one attached hydrogen (secondary N) is 2. The van der Waals surface area contributed by atoms with Crippen LogP contribution in [0.25, 0.3) is 0 Å². The lowest BCUT2D eigenvalue weighted by Gasteiger charge is -2.22. The van der Waals surface area contributed by atoms with Crippen molar-refractivity contribution in [1.82, 2.24) is 15.0 Å². The maximum absolute atomic E-state index is 5.69. The highest BCUT2D eigenvalue weighted by atomic mass is 16.5. The quantitative estimate of drug-likeness (QED) is 0.797. The fourth-order valence-corrected chi connectivity index (χ4v) is 2.11. The summed E-state index contributed by atoms with van der Waals surface area (Å²) in [6.07, 6.45) is 3.70. The third-order valence-electron chi connectivity index (χ3n) is 3.05. The summed E-state index contributed by atoms with van der Waals surface area (Å²) in [6, 6.07) is 0.336. The van der Waals surface area contributed by atoms with Crippen molar-refractivity contribution in [1.29, 1.82) is 0 Å². The van der Waals surface area contributed by atoms with Crippen molar-refractivity contribution >= 4 is 11.9 Å². The summed E-state index contributed by atoms with van der Waals surface area (Å²) in [5.74, 6) is 1.04. The smallest absolute Gasteiger partial charge is 0.323 e. The third-order valence-corrected chi connectivity index (χ3v) is 3.05. The molecule has 118 valence electrons. The highest BCUT2D eigenvalue weighted by Gasteiger charge is 2.15. The van der Waals surface area contributed by atoms with Crippen molar-refractivity contribution in [3.8, 4) is 6.01 Å². The average Bonchev–Trinajstić information content (AvgIpc) is 2.46. The van der Waals surface area contributed by atoms with Crippen molar-refractivity contribution in [3.63, 3.8) is 0 Å². The lowest BCUT2D eigenvalue weighted by atomic mass is 10.1. The van der Waals surface area contributed by atoms with Crippen LogP contribution in [-0.2, 0) is 4.74 Å². The molecule has 1 aromatic heterocycles. The van der Waals surface area contributed by atoms with Gasteiger partial charge in [-0.25, -0.2) is 0 Å². The van der Waals surface area contributed by atoms with E-state index < -0.39 is 0 Å². The van der Waals surface area contributed by atoms with Crippen LogP contribution < -0.4 is 15.4 Å². The Morgan fingerprint density at radius 3 is 2.57 bits per heavy atom. The number of hydrogen-bond acceptors (Lipinski definition) is 7. The molecule has 2 heterocycles. The molecule has 0 aromatic carbocycles. The minimum Gasteiger partial charge on any atom is -0.461 e. The second kappa shape index (κ2) is 7.97. The number of rotatable bonds is 7. The standard InChI is InChI=1S/C14H25N5O2/c1-4-15-12-17-13(19-14(18-12)21-10(2)3)16-9-11-7-5-6-8-20-11/h10-11H,4-9H2,1-3H3,(H2,15,16,17,18,19). The summed E-state index contributed by atoms with van der Waals surface area (Å²) in [7, 11) is 0. The Labute approximate surface area is 125 Å². The molecular formula is C14H25N5O2. The monoisotopic (exact) mass is 295 g/mol. The molecule has 1 aromatic rings. The normalized spacial score (nSPS) is 18.6. The molecule has 1 fully saturated rings. The summed E-state index contributed by atoms with van der Waals surface area (Å²) in [5, 5.41) is 6.31. The van der Waals surface area contributed by atoms with Gasteiger partial charge in [0.15, 0.2) is 0 Å². The van der Waals surface area contributed by atoms with Crippen molar-refractivity contribution in [2.45, 2.75) is 52.2 Å². The lowest BCUT2D eigenvalue weighted by molar-refractivity contribution is 0.0246. The average molecular weight is 295 g/mol. The molecule has 2 rings (SSSR count). The zero-order valence-electron chi connectivity index (χ0n) is 13.1. The van der Waals surface area contributed by atoms with Gasteiger partial charge in [0.2, 0.25) is 11.9 Å². The fourth-order valence-electron chi connectivity index (χ4n) is 2.11. The number of nitrogens with zero attached hydrogens (tertiary/aromatic N) is 3. The molecule has 0 aliphatic carbocycles. The highest BCUT2D eigenvalue weighted by molar-refractivity contribution is 5.35. The third kappa shape index (κ3) is 5.34. The maximum atomic E-state index is 5.69. The van der Waals surface area contributed by atoms with Gasteiger partial charge in [-0.05, 0) is 40.0 Å². The van der Waals surface area contributed by atoms with Gasteiger partial charge in [-0.15, -0.1) is 0 Å². The van der Waals surface area contributed by atoms with E-state index in [-0.39, 0.29) is 12.2 Å². The van der Waals surface area contributed by atoms with Crippen LogP contribution in [0.4, 0.5) is 11.9 Å². The van der Waals surface area contributed by atoms with Crippen LogP contribution in [-0.4, -0.2) is 46.9 Å². The summed E-state index contributed by atoms with van der Waals surface area (Å²) in [6.45, 7) is 8.18. The van der Waals surface area contributed by atoms with Gasteiger partial charge in [-0.2, -0.15) is 15.0 Å². The number of hydrogen-bond donors (Lipinski definition) is 2. The van der Waals surface area contributed by atoms with Gasteiger partial charge in [-0.3, -0.25) is 0 Å². The predicted octanol–water partition coefficient (Wildman–Crippen LogP) is 2.07. The van der Waals surface area contributed by atoms with Crippen molar-refractivity contribution in [2.24, 2.45) is 0 Å². The molecule has 7 heteroatoms. The Bertz CT molecular complexity index is 435. The molecule has 0 radical (unpaired) electrons. The van der Waals surface area contributed by atoms with Crippen LogP contribution in [0.1, 0.15) is 40.0 Å². The Morgan fingerprint density at radius 2 is 1.95 bits per heavy atom. The fraction of sp³-hybridized carbons (Fsp3) is 0.786. The van der Waals surface area contributed by atoms with Crippen LogP contribution in [0, 0.1) is 0 Å². The minimum absolute atomic E-state index is 0.0244. The zero-order chi connectivity index (χ0) is 15.1. The molecule has 7 nitrogen and oxygen atoms in total. The van der Waals surface area contributed by atoms with Gasteiger partial charge in [0.1, 0.15) is 0 Å². The summed E-state index contributed by atoms with van der Waals surface area (Å²) < 4.78 is 11.3. The predicted molar refractivity (Wildman–Crippen MR) is 81.8 cm³/mol. The Kier molecular flexibility index (Phi) is 5.98. The molecule has 1 aliphatic heterocycles. The van der Waals surface area contributed by atoms with E-state index in [1.54, 1.807) is 0 Å². The first-order chi connectivity index (χ1) is 10.2. The van der Waals surface area contributed by atoms with E-state index >= 15 is 0 Å². The molecule has 1 aliphatic rings. The minimum atomic E-state index is 0.0244. The maximum Gasteiger partial charge on any atom is 0.323 e. The molecule has 0 bridgehead atoms. The van der Waals surface area contributed by atoms with E-state index in [0.29, 0.717) is 24.5 Å². The molecule has 1 saturated heterocycles. The molecule has 21 heavy (non-hydrogen) atoms. The molecule has 0 amide bonds. The molecule has 1 unspecified atom stereocenters. The van der Waals surface area contributed by atoms with E-state index in [4.69, 9.17) is 9.47 Å². The lowest BCUT2D eigenvalue weighted by Crippen LogP contribution is -2.27. The van der Waals surface area contributed by atoms with Gasteiger partial charge < -0.3 is 20.1 Å². The number of anilines is 2. The first kappa shape index (κ1) is 15.8. The summed E-state index contributed by atoms with van der Waals surface area (Å²) in [5.41, 5.74) is 0. The van der Waals surface area contributed by atoms with Crippen LogP contribution in [0.2, 0.25) is 0 Å². The number of ether oxygens (including phenoxy) is 2. The topological polar surface area (TPSA) is 81.2 Å². The number of aromatic nitrogens is 3. The van der Waals surface area contributed by atoms with Crippen LogP contribution >= 0.6 is 0 Å². The second-order valence-corrected chi connectivity index (χ2v) is 5.33. The molecule has 0 spiro atoms. The van der Waals surface area contributed by atoms with Crippen molar-refractivity contribution in [2.75, 3.05) is 30.3 Å². The Balaban J connectivity index is 2.00. The molecule has 2 N–H and O–H groups in total. The largest absolute Gasteiger partial charge is 0.461 e. The van der Waals surface area contributed by atoms with E-state index in [2.05, 4.69) is 25.6 Å². The van der Waals surface area contributed by atoms with Gasteiger partial charge in [0.05, 0.1) is 12.2 Å². The zero-order valence-corrected chi connectivity index (χ0v) is 13.1. The van der Waals surface area contributed by atoms with E-state index in [0.717, 1.165) is 26.0 Å². The van der Waals surface area contributed by atoms with E-state index in [1.807, 2.05) is 20.8 Å². The van der Waals surface area contributed by atoms with E-state index in [1.165, 1.54) is 6.42 Å². The Morgan fingerprint density at radius 1 is 1.19 bits per heavy atom. The van der Waals surface area contributed by atoms with Gasteiger partial charge in [0.25, 0.3) is 0 Å². The summed E-state index contributed by atoms with van der Waals surface area (Å²) in [4.78, 5) is 12.9.